The lowest BCUT2D eigenvalue weighted by molar-refractivity contribution is -0.139. The average molecular weight is 208 g/mol. The molecule has 0 N–H and O–H groups in total. The largest absolute Gasteiger partial charge is 0.497 e. The van der Waals surface area contributed by atoms with Crippen molar-refractivity contribution in [3.8, 4) is 5.75 Å². The minimum Gasteiger partial charge on any atom is -0.497 e. The number of carbonyl (C=O) groups is 2. The normalized spacial score (nSPS) is 9.47. The number of carbonyl (C=O) groups excluding carboxylic acids is 2. The van der Waals surface area contributed by atoms with Gasteiger partial charge in [-0.3, -0.25) is 9.59 Å². The highest BCUT2D eigenvalue weighted by Gasteiger charge is 2.08. The van der Waals surface area contributed by atoms with Crippen LogP contribution in [0.1, 0.15) is 17.3 Å². The minimum atomic E-state index is -0.466. The minimum absolute atomic E-state index is 0.234. The Morgan fingerprint density at radius 1 is 1.33 bits per heavy atom. The molecule has 0 spiro atoms. The number of benzene rings is 1. The Labute approximate surface area is 87.8 Å². The van der Waals surface area contributed by atoms with E-state index in [9.17, 15) is 9.59 Å². The van der Waals surface area contributed by atoms with Crippen LogP contribution in [0.25, 0.3) is 0 Å². The molecule has 4 nitrogen and oxygen atoms in total. The third-order valence-electron chi connectivity index (χ3n) is 1.80. The van der Waals surface area contributed by atoms with E-state index in [1.165, 1.54) is 14.0 Å². The van der Waals surface area contributed by atoms with E-state index in [4.69, 9.17) is 4.74 Å². The molecule has 0 aliphatic rings. The van der Waals surface area contributed by atoms with E-state index in [0.29, 0.717) is 11.3 Å². The number of hydrogen-bond acceptors (Lipinski definition) is 4. The monoisotopic (exact) mass is 208 g/mol. The average Bonchev–Trinajstić information content (AvgIpc) is 2.26. The molecule has 0 atom stereocenters. The lowest BCUT2D eigenvalue weighted by atomic mass is 10.1. The fraction of sp³-hybridized carbons (Fsp3) is 0.273. The maximum atomic E-state index is 11.5. The molecule has 0 aliphatic heterocycles. The Bertz CT molecular complexity index is 371. The second kappa shape index (κ2) is 5.14. The van der Waals surface area contributed by atoms with E-state index in [1.807, 2.05) is 0 Å². The molecule has 1 rings (SSSR count). The van der Waals surface area contributed by atoms with Gasteiger partial charge >= 0.3 is 5.97 Å². The van der Waals surface area contributed by atoms with Crippen LogP contribution >= 0.6 is 0 Å². The molecule has 4 heteroatoms. The van der Waals surface area contributed by atoms with Crippen LogP contribution in [0.4, 0.5) is 0 Å². The van der Waals surface area contributed by atoms with Crippen LogP contribution in [0, 0.1) is 0 Å². The van der Waals surface area contributed by atoms with E-state index >= 15 is 0 Å². The quantitative estimate of drug-likeness (QED) is 0.555. The maximum Gasteiger partial charge on any atom is 0.303 e. The SMILES string of the molecule is COc1cccc(C(=O)COC(C)=O)c1. The molecule has 1 aromatic carbocycles. The number of Topliss-reactive ketones (excluding diaryl/α,β-unsaturated/α-hetero) is 1. The zero-order chi connectivity index (χ0) is 11.3. The molecule has 0 saturated heterocycles. The Hall–Kier alpha value is -1.84. The van der Waals surface area contributed by atoms with Gasteiger partial charge in [0.1, 0.15) is 5.75 Å². The first-order valence-corrected chi connectivity index (χ1v) is 4.44. The van der Waals surface area contributed by atoms with Crippen molar-refractivity contribution in [2.45, 2.75) is 6.92 Å². The number of ketones is 1. The van der Waals surface area contributed by atoms with E-state index in [2.05, 4.69) is 4.74 Å². The van der Waals surface area contributed by atoms with E-state index < -0.39 is 5.97 Å². The van der Waals surface area contributed by atoms with Crippen LogP contribution < -0.4 is 4.74 Å². The van der Waals surface area contributed by atoms with Crippen LogP contribution in [0.3, 0.4) is 0 Å². The zero-order valence-corrected chi connectivity index (χ0v) is 8.65. The summed E-state index contributed by atoms with van der Waals surface area (Å²) in [6, 6.07) is 6.70. The summed E-state index contributed by atoms with van der Waals surface area (Å²) in [6.45, 7) is 1.03. The van der Waals surface area contributed by atoms with Crippen molar-refractivity contribution in [1.29, 1.82) is 0 Å². The number of hydrogen-bond donors (Lipinski definition) is 0. The van der Waals surface area contributed by atoms with Crippen molar-refractivity contribution < 1.29 is 19.1 Å². The molecule has 0 amide bonds. The molecule has 0 unspecified atom stereocenters. The van der Waals surface area contributed by atoms with Crippen LogP contribution in [0.2, 0.25) is 0 Å². The smallest absolute Gasteiger partial charge is 0.303 e. The third-order valence-corrected chi connectivity index (χ3v) is 1.80. The number of rotatable bonds is 4. The van der Waals surface area contributed by atoms with Gasteiger partial charge in [-0.1, -0.05) is 12.1 Å². The van der Waals surface area contributed by atoms with Crippen molar-refractivity contribution in [2.24, 2.45) is 0 Å². The van der Waals surface area contributed by atoms with Gasteiger partial charge in [0, 0.05) is 12.5 Å². The van der Waals surface area contributed by atoms with E-state index in [0.717, 1.165) is 0 Å². The highest BCUT2D eigenvalue weighted by atomic mass is 16.5. The summed E-state index contributed by atoms with van der Waals surface area (Å²) in [6.07, 6.45) is 0. The Balaban J connectivity index is 2.69. The summed E-state index contributed by atoms with van der Waals surface area (Å²) >= 11 is 0. The van der Waals surface area contributed by atoms with Gasteiger partial charge in [0.25, 0.3) is 0 Å². The molecule has 0 bridgehead atoms. The van der Waals surface area contributed by atoms with Crippen LogP contribution in [0.5, 0.6) is 5.75 Å². The topological polar surface area (TPSA) is 52.6 Å². The van der Waals surface area contributed by atoms with Gasteiger partial charge in [-0.05, 0) is 12.1 Å². The fourth-order valence-electron chi connectivity index (χ4n) is 1.05. The van der Waals surface area contributed by atoms with Gasteiger partial charge < -0.3 is 9.47 Å². The second-order valence-electron chi connectivity index (χ2n) is 2.94. The maximum absolute atomic E-state index is 11.5. The van der Waals surface area contributed by atoms with Crippen molar-refractivity contribution in [2.75, 3.05) is 13.7 Å². The van der Waals surface area contributed by atoms with Gasteiger partial charge in [0.05, 0.1) is 7.11 Å². The summed E-state index contributed by atoms with van der Waals surface area (Å²) in [4.78, 5) is 22.0. The Morgan fingerprint density at radius 2 is 2.07 bits per heavy atom. The molecule has 0 aliphatic carbocycles. The highest BCUT2D eigenvalue weighted by molar-refractivity contribution is 5.98. The van der Waals surface area contributed by atoms with Gasteiger partial charge in [-0.25, -0.2) is 0 Å². The Morgan fingerprint density at radius 3 is 2.67 bits per heavy atom. The van der Waals surface area contributed by atoms with E-state index in [1.54, 1.807) is 24.3 Å². The molecule has 0 fully saturated rings. The summed E-state index contributed by atoms with van der Waals surface area (Å²) in [5.74, 6) is -0.112. The Kier molecular flexibility index (Phi) is 3.85. The van der Waals surface area contributed by atoms with E-state index in [-0.39, 0.29) is 12.4 Å². The predicted octanol–water partition coefficient (Wildman–Crippen LogP) is 1.44. The number of ether oxygens (including phenoxy) is 2. The van der Waals surface area contributed by atoms with Gasteiger partial charge in [-0.2, -0.15) is 0 Å². The van der Waals surface area contributed by atoms with Crippen molar-refractivity contribution in [1.82, 2.24) is 0 Å². The van der Waals surface area contributed by atoms with Gasteiger partial charge in [0.2, 0.25) is 0 Å². The van der Waals surface area contributed by atoms with Gasteiger partial charge in [-0.15, -0.1) is 0 Å². The third kappa shape index (κ3) is 3.42. The molecular weight excluding hydrogens is 196 g/mol. The predicted molar refractivity (Wildman–Crippen MR) is 54.0 cm³/mol. The summed E-state index contributed by atoms with van der Waals surface area (Å²) < 4.78 is 9.57. The summed E-state index contributed by atoms with van der Waals surface area (Å²) in [5, 5.41) is 0. The number of methoxy groups -OCH3 is 1. The molecule has 0 radical (unpaired) electrons. The molecule has 15 heavy (non-hydrogen) atoms. The van der Waals surface area contributed by atoms with Crippen LogP contribution in [-0.2, 0) is 9.53 Å². The molecule has 80 valence electrons. The van der Waals surface area contributed by atoms with Crippen LogP contribution in [0.15, 0.2) is 24.3 Å². The summed E-state index contributed by atoms with van der Waals surface area (Å²) in [7, 11) is 1.52. The highest BCUT2D eigenvalue weighted by Crippen LogP contribution is 2.12. The summed E-state index contributed by atoms with van der Waals surface area (Å²) in [5.41, 5.74) is 0.468. The molecule has 1 aromatic rings. The van der Waals surface area contributed by atoms with Gasteiger partial charge in [0.15, 0.2) is 12.4 Å². The first-order chi connectivity index (χ1) is 7.13. The fourth-order valence-corrected chi connectivity index (χ4v) is 1.05. The second-order valence-corrected chi connectivity index (χ2v) is 2.94. The van der Waals surface area contributed by atoms with Crippen molar-refractivity contribution >= 4 is 11.8 Å². The van der Waals surface area contributed by atoms with Crippen LogP contribution in [-0.4, -0.2) is 25.5 Å². The first kappa shape index (κ1) is 11.2. The molecule has 0 aromatic heterocycles. The molecule has 0 heterocycles. The standard InChI is InChI=1S/C11H12O4/c1-8(12)15-7-11(13)9-4-3-5-10(6-9)14-2/h3-6H,7H2,1-2H3. The van der Waals surface area contributed by atoms with Crippen molar-refractivity contribution in [3.63, 3.8) is 0 Å². The molecular formula is C11H12O4. The first-order valence-electron chi connectivity index (χ1n) is 4.44. The lowest BCUT2D eigenvalue weighted by Gasteiger charge is -2.03. The van der Waals surface area contributed by atoms with Crippen molar-refractivity contribution in [3.05, 3.63) is 29.8 Å². The lowest BCUT2D eigenvalue weighted by Crippen LogP contribution is -2.11. The molecule has 0 saturated carbocycles. The number of esters is 1. The zero-order valence-electron chi connectivity index (χ0n) is 8.65.